The molecule has 0 atom stereocenters. The molecule has 0 unspecified atom stereocenters. The van der Waals surface area contributed by atoms with E-state index < -0.39 is 21.8 Å². The number of alkyl halides is 3. The topological polar surface area (TPSA) is 62.3 Å². The number of piperidine rings is 1. The van der Waals surface area contributed by atoms with Crippen LogP contribution in [0.4, 0.5) is 19.0 Å². The maximum absolute atomic E-state index is 12.7. The molecule has 118 valence electrons. The first-order chi connectivity index (χ1) is 9.65. The van der Waals surface area contributed by atoms with Gasteiger partial charge in [-0.15, -0.1) is 0 Å². The van der Waals surface area contributed by atoms with Crippen LogP contribution in [0.1, 0.15) is 18.4 Å². The van der Waals surface area contributed by atoms with Crippen molar-refractivity contribution < 1.29 is 21.6 Å². The molecule has 5 nitrogen and oxygen atoms in total. The van der Waals surface area contributed by atoms with Crippen LogP contribution in [-0.2, 0) is 16.2 Å². The molecule has 0 aromatic carbocycles. The molecule has 0 amide bonds. The summed E-state index contributed by atoms with van der Waals surface area (Å²) in [5.41, 5.74) is -0.733. The standard InChI is InChI=1S/C12H16F3N3O2S/c1-21(19,20)17-10-3-6-18(7-4-10)11-8-9(2-5-16-11)12(13,14)15/h2,5,8,10,17H,3-4,6-7H2,1H3. The number of rotatable bonds is 3. The summed E-state index contributed by atoms with van der Waals surface area (Å²) in [6.45, 7) is 0.920. The van der Waals surface area contributed by atoms with E-state index in [2.05, 4.69) is 9.71 Å². The summed E-state index contributed by atoms with van der Waals surface area (Å²) in [7, 11) is -3.26. The molecule has 1 aromatic heterocycles. The van der Waals surface area contributed by atoms with E-state index in [0.717, 1.165) is 24.6 Å². The van der Waals surface area contributed by atoms with Gasteiger partial charge in [-0.2, -0.15) is 13.2 Å². The van der Waals surface area contributed by atoms with Gasteiger partial charge in [-0.3, -0.25) is 0 Å². The van der Waals surface area contributed by atoms with Gasteiger partial charge in [0.25, 0.3) is 0 Å². The molecular weight excluding hydrogens is 307 g/mol. The smallest absolute Gasteiger partial charge is 0.356 e. The lowest BCUT2D eigenvalue weighted by Crippen LogP contribution is -2.44. The minimum atomic E-state index is -4.39. The van der Waals surface area contributed by atoms with E-state index >= 15 is 0 Å². The van der Waals surface area contributed by atoms with Crippen molar-refractivity contribution in [1.82, 2.24) is 9.71 Å². The van der Waals surface area contributed by atoms with Crippen molar-refractivity contribution in [1.29, 1.82) is 0 Å². The van der Waals surface area contributed by atoms with Crippen LogP contribution in [0.25, 0.3) is 0 Å². The van der Waals surface area contributed by atoms with E-state index in [4.69, 9.17) is 0 Å². The third-order valence-corrected chi connectivity index (χ3v) is 4.03. The summed E-state index contributed by atoms with van der Waals surface area (Å²) in [6.07, 6.45) is -1.10. The highest BCUT2D eigenvalue weighted by Crippen LogP contribution is 2.31. The Labute approximate surface area is 121 Å². The highest BCUT2D eigenvalue weighted by atomic mass is 32.2. The van der Waals surface area contributed by atoms with Crippen LogP contribution in [-0.4, -0.2) is 38.8 Å². The molecule has 1 aliphatic heterocycles. The second kappa shape index (κ2) is 5.80. The Kier molecular flexibility index (Phi) is 4.43. The number of sulfonamides is 1. The number of nitrogens with zero attached hydrogens (tertiary/aromatic N) is 2. The molecule has 9 heteroatoms. The van der Waals surface area contributed by atoms with Crippen LogP contribution >= 0.6 is 0 Å². The van der Waals surface area contributed by atoms with Crippen LogP contribution in [0.3, 0.4) is 0 Å². The van der Waals surface area contributed by atoms with Crippen molar-refractivity contribution in [2.75, 3.05) is 24.2 Å². The molecule has 0 saturated carbocycles. The number of aromatic nitrogens is 1. The Morgan fingerprint density at radius 1 is 1.33 bits per heavy atom. The number of halogens is 3. The Hall–Kier alpha value is -1.35. The average molecular weight is 323 g/mol. The fraction of sp³-hybridized carbons (Fsp3) is 0.583. The first-order valence-corrected chi connectivity index (χ1v) is 8.30. The molecule has 21 heavy (non-hydrogen) atoms. The van der Waals surface area contributed by atoms with Crippen LogP contribution in [0.2, 0.25) is 0 Å². The van der Waals surface area contributed by atoms with E-state index in [9.17, 15) is 21.6 Å². The first-order valence-electron chi connectivity index (χ1n) is 6.41. The molecule has 2 heterocycles. The highest BCUT2D eigenvalue weighted by molar-refractivity contribution is 7.88. The highest BCUT2D eigenvalue weighted by Gasteiger charge is 2.31. The lowest BCUT2D eigenvalue weighted by molar-refractivity contribution is -0.137. The molecule has 0 spiro atoms. The van der Waals surface area contributed by atoms with Gasteiger partial charge in [-0.1, -0.05) is 0 Å². The van der Waals surface area contributed by atoms with Crippen LogP contribution < -0.4 is 9.62 Å². The predicted molar refractivity (Wildman–Crippen MR) is 72.5 cm³/mol. The van der Waals surface area contributed by atoms with Crippen molar-refractivity contribution in [3.8, 4) is 0 Å². The van der Waals surface area contributed by atoms with E-state index in [0.29, 0.717) is 25.9 Å². The fourth-order valence-corrected chi connectivity index (χ4v) is 3.14. The molecule has 2 rings (SSSR count). The minimum Gasteiger partial charge on any atom is -0.356 e. The Bertz CT molecular complexity index is 596. The third-order valence-electron chi connectivity index (χ3n) is 3.27. The van der Waals surface area contributed by atoms with E-state index in [-0.39, 0.29) is 11.9 Å². The zero-order chi connectivity index (χ0) is 15.7. The second-order valence-corrected chi connectivity index (χ2v) is 6.83. The summed E-state index contributed by atoms with van der Waals surface area (Å²) >= 11 is 0. The third kappa shape index (κ3) is 4.57. The number of hydrogen-bond donors (Lipinski definition) is 1. The second-order valence-electron chi connectivity index (χ2n) is 5.05. The zero-order valence-electron chi connectivity index (χ0n) is 11.4. The molecule has 1 fully saturated rings. The van der Waals surface area contributed by atoms with Crippen molar-refractivity contribution in [2.24, 2.45) is 0 Å². The monoisotopic (exact) mass is 323 g/mol. The predicted octanol–water partition coefficient (Wildman–Crippen LogP) is 1.62. The van der Waals surface area contributed by atoms with Gasteiger partial charge >= 0.3 is 6.18 Å². The van der Waals surface area contributed by atoms with Crippen LogP contribution in [0.15, 0.2) is 18.3 Å². The first kappa shape index (κ1) is 16.0. The number of pyridine rings is 1. The maximum Gasteiger partial charge on any atom is 0.416 e. The largest absolute Gasteiger partial charge is 0.416 e. The molecular formula is C12H16F3N3O2S. The zero-order valence-corrected chi connectivity index (χ0v) is 12.2. The minimum absolute atomic E-state index is 0.179. The van der Waals surface area contributed by atoms with E-state index in [1.54, 1.807) is 4.90 Å². The molecule has 1 aromatic rings. The van der Waals surface area contributed by atoms with Gasteiger partial charge in [0, 0.05) is 25.3 Å². The quantitative estimate of drug-likeness (QED) is 0.918. The molecule has 1 saturated heterocycles. The van der Waals surface area contributed by atoms with Crippen LogP contribution in [0.5, 0.6) is 0 Å². The molecule has 1 aliphatic rings. The lowest BCUT2D eigenvalue weighted by Gasteiger charge is -2.33. The van der Waals surface area contributed by atoms with Crippen LogP contribution in [0, 0.1) is 0 Å². The fourth-order valence-electron chi connectivity index (χ4n) is 2.30. The van der Waals surface area contributed by atoms with Gasteiger partial charge in [0.05, 0.1) is 11.8 Å². The van der Waals surface area contributed by atoms with Gasteiger partial charge in [0.2, 0.25) is 10.0 Å². The van der Waals surface area contributed by atoms with Gasteiger partial charge in [-0.25, -0.2) is 18.1 Å². The Morgan fingerprint density at radius 2 is 1.95 bits per heavy atom. The maximum atomic E-state index is 12.7. The lowest BCUT2D eigenvalue weighted by atomic mass is 10.1. The Morgan fingerprint density at radius 3 is 2.48 bits per heavy atom. The normalized spacial score (nSPS) is 18.0. The van der Waals surface area contributed by atoms with E-state index in [1.165, 1.54) is 0 Å². The van der Waals surface area contributed by atoms with Crippen molar-refractivity contribution in [2.45, 2.75) is 25.1 Å². The van der Waals surface area contributed by atoms with Gasteiger partial charge in [0.1, 0.15) is 5.82 Å². The summed E-state index contributed by atoms with van der Waals surface area (Å²) in [6, 6.07) is 1.77. The number of nitrogens with one attached hydrogen (secondary N) is 1. The molecule has 1 N–H and O–H groups in total. The van der Waals surface area contributed by atoms with Gasteiger partial charge in [0.15, 0.2) is 0 Å². The van der Waals surface area contributed by atoms with Gasteiger partial charge in [-0.05, 0) is 25.0 Å². The summed E-state index contributed by atoms with van der Waals surface area (Å²) in [5, 5.41) is 0. The molecule has 0 aliphatic carbocycles. The number of anilines is 1. The SMILES string of the molecule is CS(=O)(=O)NC1CCN(c2cc(C(F)(F)F)ccn2)CC1. The van der Waals surface area contributed by atoms with Crippen molar-refractivity contribution >= 4 is 15.8 Å². The average Bonchev–Trinajstić information content (AvgIpc) is 2.37. The van der Waals surface area contributed by atoms with Gasteiger partial charge < -0.3 is 4.90 Å². The van der Waals surface area contributed by atoms with E-state index in [1.807, 2.05) is 0 Å². The molecule has 0 radical (unpaired) electrons. The summed E-state index contributed by atoms with van der Waals surface area (Å²) < 4.78 is 62.8. The van der Waals surface area contributed by atoms with Crippen molar-refractivity contribution in [3.63, 3.8) is 0 Å². The number of hydrogen-bond acceptors (Lipinski definition) is 4. The summed E-state index contributed by atoms with van der Waals surface area (Å²) in [4.78, 5) is 5.70. The summed E-state index contributed by atoms with van der Waals surface area (Å²) in [5.74, 6) is 0.266. The molecule has 0 bridgehead atoms. The van der Waals surface area contributed by atoms with Crippen molar-refractivity contribution in [3.05, 3.63) is 23.9 Å². The Balaban J connectivity index is 2.03.